The van der Waals surface area contributed by atoms with E-state index in [2.05, 4.69) is 70.0 Å². The molecule has 0 saturated heterocycles. The third-order valence-corrected chi connectivity index (χ3v) is 3.86. The van der Waals surface area contributed by atoms with Crippen LogP contribution in [0.2, 0.25) is 0 Å². The predicted molar refractivity (Wildman–Crippen MR) is 80.7 cm³/mol. The maximum absolute atomic E-state index is 5.97. The van der Waals surface area contributed by atoms with Crippen LogP contribution in [0.5, 0.6) is 0 Å². The molecule has 2 unspecified atom stereocenters. The molecule has 0 fully saturated rings. The summed E-state index contributed by atoms with van der Waals surface area (Å²) in [6, 6.07) is 8.34. The van der Waals surface area contributed by atoms with E-state index in [1.165, 1.54) is 18.4 Å². The number of ether oxygens (including phenoxy) is 1. The van der Waals surface area contributed by atoms with E-state index < -0.39 is 0 Å². The van der Waals surface area contributed by atoms with Crippen LogP contribution in [0.3, 0.4) is 0 Å². The Bertz CT molecular complexity index is 311. The standard InChI is InChI=1S/C14H20Br2O/c1-3-4-11(2)10-17-14(9-15)12-5-7-13(16)8-6-12/h5-8,11,14H,3-4,9-10H2,1-2H3. The number of hydrogen-bond acceptors (Lipinski definition) is 1. The van der Waals surface area contributed by atoms with Gasteiger partial charge in [-0.2, -0.15) is 0 Å². The molecule has 0 aromatic heterocycles. The second-order valence-electron chi connectivity index (χ2n) is 4.42. The van der Waals surface area contributed by atoms with Crippen LogP contribution in [-0.2, 0) is 4.74 Å². The minimum Gasteiger partial charge on any atom is -0.372 e. The van der Waals surface area contributed by atoms with Crippen molar-refractivity contribution in [1.82, 2.24) is 0 Å². The van der Waals surface area contributed by atoms with Crippen LogP contribution in [0.15, 0.2) is 28.7 Å². The molecule has 1 aromatic rings. The van der Waals surface area contributed by atoms with Gasteiger partial charge in [0, 0.05) is 16.4 Å². The Morgan fingerprint density at radius 2 is 1.88 bits per heavy atom. The number of hydrogen-bond donors (Lipinski definition) is 0. The molecule has 0 radical (unpaired) electrons. The first-order valence-electron chi connectivity index (χ1n) is 6.10. The van der Waals surface area contributed by atoms with Crippen LogP contribution in [0.4, 0.5) is 0 Å². The average molecular weight is 364 g/mol. The van der Waals surface area contributed by atoms with Crippen molar-refractivity contribution in [3.63, 3.8) is 0 Å². The molecule has 17 heavy (non-hydrogen) atoms. The summed E-state index contributed by atoms with van der Waals surface area (Å²) in [5.74, 6) is 0.636. The summed E-state index contributed by atoms with van der Waals surface area (Å²) in [4.78, 5) is 0. The Morgan fingerprint density at radius 1 is 1.24 bits per heavy atom. The topological polar surface area (TPSA) is 9.23 Å². The van der Waals surface area contributed by atoms with E-state index in [9.17, 15) is 0 Å². The van der Waals surface area contributed by atoms with Gasteiger partial charge in [0.2, 0.25) is 0 Å². The van der Waals surface area contributed by atoms with Gasteiger partial charge < -0.3 is 4.74 Å². The molecular weight excluding hydrogens is 344 g/mol. The van der Waals surface area contributed by atoms with Crippen LogP contribution < -0.4 is 0 Å². The maximum atomic E-state index is 5.97. The third kappa shape index (κ3) is 5.54. The summed E-state index contributed by atoms with van der Waals surface area (Å²) >= 11 is 6.97. The minimum absolute atomic E-state index is 0.155. The fraction of sp³-hybridized carbons (Fsp3) is 0.571. The molecule has 0 aliphatic heterocycles. The lowest BCUT2D eigenvalue weighted by Gasteiger charge is -2.19. The Morgan fingerprint density at radius 3 is 2.41 bits per heavy atom. The number of rotatable bonds is 7. The second kappa shape index (κ2) is 8.28. The van der Waals surface area contributed by atoms with E-state index >= 15 is 0 Å². The van der Waals surface area contributed by atoms with Crippen LogP contribution in [-0.4, -0.2) is 11.9 Å². The zero-order valence-electron chi connectivity index (χ0n) is 10.5. The van der Waals surface area contributed by atoms with E-state index in [0.717, 1.165) is 16.4 Å². The fourth-order valence-corrected chi connectivity index (χ4v) is 2.59. The molecule has 1 aromatic carbocycles. The van der Waals surface area contributed by atoms with Crippen LogP contribution in [0.1, 0.15) is 38.4 Å². The van der Waals surface area contributed by atoms with Gasteiger partial charge in [-0.15, -0.1) is 0 Å². The fourth-order valence-electron chi connectivity index (χ4n) is 1.76. The SMILES string of the molecule is CCCC(C)COC(CBr)c1ccc(Br)cc1. The average Bonchev–Trinajstić information content (AvgIpc) is 2.32. The van der Waals surface area contributed by atoms with Crippen molar-refractivity contribution in [2.75, 3.05) is 11.9 Å². The first-order valence-corrected chi connectivity index (χ1v) is 8.01. The Balaban J connectivity index is 2.51. The van der Waals surface area contributed by atoms with Gasteiger partial charge in [0.1, 0.15) is 0 Å². The highest BCUT2D eigenvalue weighted by Crippen LogP contribution is 2.23. The molecule has 3 heteroatoms. The van der Waals surface area contributed by atoms with E-state index in [1.807, 2.05) is 0 Å². The van der Waals surface area contributed by atoms with Crippen molar-refractivity contribution in [3.05, 3.63) is 34.3 Å². The Kier molecular flexibility index (Phi) is 7.40. The molecule has 0 aliphatic carbocycles. The van der Waals surface area contributed by atoms with Crippen LogP contribution >= 0.6 is 31.9 Å². The summed E-state index contributed by atoms with van der Waals surface area (Å²) in [6.45, 7) is 5.30. The third-order valence-electron chi connectivity index (χ3n) is 2.75. The van der Waals surface area contributed by atoms with E-state index in [-0.39, 0.29) is 6.10 Å². The molecule has 1 nitrogen and oxygen atoms in total. The lowest BCUT2D eigenvalue weighted by molar-refractivity contribution is 0.0449. The molecular formula is C14H20Br2O. The molecule has 0 spiro atoms. The van der Waals surface area contributed by atoms with Gasteiger partial charge in [-0.05, 0) is 30.0 Å². The summed E-state index contributed by atoms with van der Waals surface area (Å²) in [5, 5.41) is 0.841. The molecule has 1 rings (SSSR count). The monoisotopic (exact) mass is 362 g/mol. The van der Waals surface area contributed by atoms with Gasteiger partial charge in [-0.1, -0.05) is 64.3 Å². The Labute approximate surface area is 121 Å². The van der Waals surface area contributed by atoms with Crippen molar-refractivity contribution >= 4 is 31.9 Å². The summed E-state index contributed by atoms with van der Waals surface area (Å²) in [6.07, 6.45) is 2.61. The molecule has 2 atom stereocenters. The van der Waals surface area contributed by atoms with E-state index in [4.69, 9.17) is 4.74 Å². The molecule has 0 aliphatic rings. The number of alkyl halides is 1. The zero-order valence-corrected chi connectivity index (χ0v) is 13.6. The lowest BCUT2D eigenvalue weighted by atomic mass is 10.1. The van der Waals surface area contributed by atoms with E-state index in [1.54, 1.807) is 0 Å². The van der Waals surface area contributed by atoms with Crippen LogP contribution in [0, 0.1) is 5.92 Å². The highest BCUT2D eigenvalue weighted by molar-refractivity contribution is 9.10. The lowest BCUT2D eigenvalue weighted by Crippen LogP contribution is -2.12. The first-order chi connectivity index (χ1) is 8.17. The van der Waals surface area contributed by atoms with Crippen molar-refractivity contribution in [2.45, 2.75) is 32.8 Å². The van der Waals surface area contributed by atoms with Gasteiger partial charge in [-0.25, -0.2) is 0 Å². The van der Waals surface area contributed by atoms with Gasteiger partial charge in [0.15, 0.2) is 0 Å². The van der Waals surface area contributed by atoms with Gasteiger partial charge >= 0.3 is 0 Å². The van der Waals surface area contributed by atoms with Crippen molar-refractivity contribution in [1.29, 1.82) is 0 Å². The van der Waals surface area contributed by atoms with Crippen molar-refractivity contribution in [3.8, 4) is 0 Å². The maximum Gasteiger partial charge on any atom is 0.0921 e. The largest absolute Gasteiger partial charge is 0.372 e. The Hall–Kier alpha value is 0.140. The summed E-state index contributed by atoms with van der Waals surface area (Å²) in [7, 11) is 0. The van der Waals surface area contributed by atoms with Gasteiger partial charge in [0.25, 0.3) is 0 Å². The molecule has 0 N–H and O–H groups in total. The van der Waals surface area contributed by atoms with Gasteiger partial charge in [0.05, 0.1) is 6.10 Å². The molecule has 96 valence electrons. The van der Waals surface area contributed by atoms with E-state index in [0.29, 0.717) is 5.92 Å². The van der Waals surface area contributed by atoms with Crippen molar-refractivity contribution in [2.24, 2.45) is 5.92 Å². The first kappa shape index (κ1) is 15.2. The smallest absolute Gasteiger partial charge is 0.0921 e. The highest BCUT2D eigenvalue weighted by Gasteiger charge is 2.12. The number of benzene rings is 1. The molecule has 0 saturated carbocycles. The highest BCUT2D eigenvalue weighted by atomic mass is 79.9. The molecule has 0 bridgehead atoms. The predicted octanol–water partition coefficient (Wildman–Crippen LogP) is 5.34. The quantitative estimate of drug-likeness (QED) is 0.594. The zero-order chi connectivity index (χ0) is 12.7. The second-order valence-corrected chi connectivity index (χ2v) is 5.98. The number of halogens is 2. The molecule has 0 amide bonds. The minimum atomic E-state index is 0.155. The van der Waals surface area contributed by atoms with Crippen LogP contribution in [0.25, 0.3) is 0 Å². The molecule has 0 heterocycles. The summed E-state index contributed by atoms with van der Waals surface area (Å²) < 4.78 is 7.07. The normalized spacial score (nSPS) is 14.6. The van der Waals surface area contributed by atoms with Crippen molar-refractivity contribution < 1.29 is 4.74 Å². The van der Waals surface area contributed by atoms with Gasteiger partial charge in [-0.3, -0.25) is 0 Å². The summed E-state index contributed by atoms with van der Waals surface area (Å²) in [5.41, 5.74) is 1.23.